The Balaban J connectivity index is 1.59. The van der Waals surface area contributed by atoms with Gasteiger partial charge in [-0.2, -0.15) is 9.97 Å². The zero-order valence-corrected chi connectivity index (χ0v) is 18.6. The van der Waals surface area contributed by atoms with Crippen molar-refractivity contribution in [3.8, 4) is 5.88 Å². The average molecular weight is 461 g/mol. The summed E-state index contributed by atoms with van der Waals surface area (Å²) in [6.07, 6.45) is 8.19. The Bertz CT molecular complexity index is 1060. The van der Waals surface area contributed by atoms with Crippen LogP contribution in [0.1, 0.15) is 50.2 Å². The topological polar surface area (TPSA) is 84.0 Å². The van der Waals surface area contributed by atoms with Crippen molar-refractivity contribution in [2.45, 2.75) is 51.0 Å². The lowest BCUT2D eigenvalue weighted by atomic mass is 9.92. The van der Waals surface area contributed by atoms with Crippen LogP contribution in [-0.4, -0.2) is 40.6 Å². The Hall–Kier alpha value is -3.30. The molecule has 1 saturated carbocycles. The molecule has 0 unspecified atom stereocenters. The Morgan fingerprint density at radius 3 is 2.76 bits per heavy atom. The van der Waals surface area contributed by atoms with E-state index in [0.29, 0.717) is 53.7 Å². The van der Waals surface area contributed by atoms with E-state index in [0.717, 1.165) is 6.42 Å². The van der Waals surface area contributed by atoms with Gasteiger partial charge < -0.3 is 20.7 Å². The number of hydrogen-bond donors (Lipinski definition) is 3. The molecule has 10 heteroatoms. The van der Waals surface area contributed by atoms with Crippen molar-refractivity contribution in [3.63, 3.8) is 0 Å². The summed E-state index contributed by atoms with van der Waals surface area (Å²) in [5.74, 6) is -1.82. The van der Waals surface area contributed by atoms with Crippen molar-refractivity contribution in [3.05, 3.63) is 47.6 Å². The van der Waals surface area contributed by atoms with Crippen LogP contribution in [0.25, 0.3) is 5.57 Å². The molecular weight excluding hydrogens is 433 g/mol. The molecular formula is C23H27F3N6O. The van der Waals surface area contributed by atoms with E-state index in [1.54, 1.807) is 12.4 Å². The number of alkyl halides is 2. The number of nitrogens with one attached hydrogen (secondary N) is 3. The first-order valence-electron chi connectivity index (χ1n) is 11.0. The molecule has 0 saturated heterocycles. The third-order valence-electron chi connectivity index (χ3n) is 5.69. The number of halogens is 3. The molecule has 1 aliphatic heterocycles. The fourth-order valence-electron chi connectivity index (χ4n) is 3.95. The summed E-state index contributed by atoms with van der Waals surface area (Å²) in [6.45, 7) is 2.45. The summed E-state index contributed by atoms with van der Waals surface area (Å²) in [7, 11) is 1.49. The van der Waals surface area contributed by atoms with Gasteiger partial charge in [0.05, 0.1) is 12.7 Å². The van der Waals surface area contributed by atoms with E-state index in [1.165, 1.54) is 13.2 Å². The van der Waals surface area contributed by atoms with Gasteiger partial charge in [0.2, 0.25) is 17.8 Å². The van der Waals surface area contributed by atoms with Crippen LogP contribution in [0, 0.1) is 5.82 Å². The van der Waals surface area contributed by atoms with Crippen LogP contribution in [0.3, 0.4) is 0 Å². The Morgan fingerprint density at radius 2 is 2.06 bits per heavy atom. The van der Waals surface area contributed by atoms with Crippen molar-refractivity contribution in [2.24, 2.45) is 0 Å². The summed E-state index contributed by atoms with van der Waals surface area (Å²) in [4.78, 5) is 13.2. The Labute approximate surface area is 190 Å². The quantitative estimate of drug-likeness (QED) is 0.524. The third-order valence-corrected chi connectivity index (χ3v) is 5.69. The minimum Gasteiger partial charge on any atom is -0.480 e. The van der Waals surface area contributed by atoms with Gasteiger partial charge in [-0.15, -0.1) is 0 Å². The molecule has 0 spiro atoms. The maximum atomic E-state index is 14.6. The fourth-order valence-corrected chi connectivity index (χ4v) is 3.95. The number of fused-ring (bicyclic) bond motifs is 1. The molecule has 7 nitrogen and oxygen atoms in total. The number of ether oxygens (including phenoxy) is 1. The minimum atomic E-state index is -2.60. The normalized spacial score (nSPS) is 17.8. The molecule has 3 heterocycles. The second-order valence-electron chi connectivity index (χ2n) is 8.06. The van der Waals surface area contributed by atoms with Crippen LogP contribution < -0.4 is 20.7 Å². The molecule has 3 N–H and O–H groups in total. The van der Waals surface area contributed by atoms with Crippen molar-refractivity contribution in [1.82, 2.24) is 15.0 Å². The number of anilines is 3. The lowest BCUT2D eigenvalue weighted by Crippen LogP contribution is -2.32. The monoisotopic (exact) mass is 460 g/mol. The number of hydrogen-bond acceptors (Lipinski definition) is 7. The number of aromatic nitrogens is 3. The van der Waals surface area contributed by atoms with Gasteiger partial charge in [0.1, 0.15) is 5.82 Å². The second kappa shape index (κ2) is 9.68. The molecule has 0 atom stereocenters. The number of allylic oxidation sites excluding steroid dienone is 1. The lowest BCUT2D eigenvalue weighted by molar-refractivity contribution is -0.0361. The highest BCUT2D eigenvalue weighted by Crippen LogP contribution is 2.39. The largest absolute Gasteiger partial charge is 0.480 e. The summed E-state index contributed by atoms with van der Waals surface area (Å²) >= 11 is 0. The smallest absolute Gasteiger partial charge is 0.248 e. The van der Waals surface area contributed by atoms with E-state index in [1.807, 2.05) is 19.1 Å². The van der Waals surface area contributed by atoms with E-state index >= 15 is 0 Å². The van der Waals surface area contributed by atoms with Gasteiger partial charge in [0, 0.05) is 37.2 Å². The zero-order chi connectivity index (χ0) is 23.4. The molecule has 2 aromatic heterocycles. The lowest BCUT2D eigenvalue weighted by Gasteiger charge is -2.29. The van der Waals surface area contributed by atoms with E-state index < -0.39 is 11.7 Å². The molecule has 1 aliphatic carbocycles. The Morgan fingerprint density at radius 1 is 1.27 bits per heavy atom. The van der Waals surface area contributed by atoms with Gasteiger partial charge in [-0.25, -0.2) is 18.2 Å². The molecule has 2 aliphatic rings. The summed E-state index contributed by atoms with van der Waals surface area (Å²) in [5, 5.41) is 9.18. The summed E-state index contributed by atoms with van der Waals surface area (Å²) in [6, 6.07) is 1.27. The number of pyridine rings is 1. The first-order valence-corrected chi connectivity index (χ1v) is 11.0. The van der Waals surface area contributed by atoms with E-state index in [2.05, 4.69) is 30.9 Å². The van der Waals surface area contributed by atoms with Crippen LogP contribution in [0.5, 0.6) is 5.88 Å². The van der Waals surface area contributed by atoms with Gasteiger partial charge in [-0.3, -0.25) is 0 Å². The van der Waals surface area contributed by atoms with Crippen molar-refractivity contribution >= 4 is 23.2 Å². The molecule has 176 valence electrons. The average Bonchev–Trinajstić information content (AvgIpc) is 2.80. The predicted octanol–water partition coefficient (Wildman–Crippen LogP) is 5.20. The van der Waals surface area contributed by atoms with Crippen LogP contribution in [0.15, 0.2) is 30.6 Å². The van der Waals surface area contributed by atoms with Gasteiger partial charge in [0.15, 0.2) is 11.6 Å². The first-order chi connectivity index (χ1) is 15.9. The second-order valence-corrected chi connectivity index (χ2v) is 8.06. The van der Waals surface area contributed by atoms with Crippen LogP contribution in [-0.2, 0) is 0 Å². The standard InChI is InChI=1S/C23H27F3N6O/c1-3-4-10-27-19-17(24)12-14(13-29-19)16-7-11-28-20-18(16)21(33-2)32-22(31-20)30-15-5-8-23(25,26)9-6-15/h4,7,10,12-13,15H,3,5-6,8-9,11H2,1-2H3,(H,27,29)(H2,28,30,31,32)/b10-4-. The highest BCUT2D eigenvalue weighted by molar-refractivity contribution is 5.89. The summed E-state index contributed by atoms with van der Waals surface area (Å²) in [5.41, 5.74) is 1.86. The minimum absolute atomic E-state index is 0.133. The molecule has 0 radical (unpaired) electrons. The molecule has 0 amide bonds. The van der Waals surface area contributed by atoms with Crippen molar-refractivity contribution in [1.29, 1.82) is 0 Å². The maximum Gasteiger partial charge on any atom is 0.248 e. The van der Waals surface area contributed by atoms with Gasteiger partial charge in [0.25, 0.3) is 0 Å². The SMILES string of the molecule is CC/C=C\Nc1ncc(C2=CCNc3nc(NC4CCC(F)(F)CC4)nc(OC)c32)cc1F. The maximum absolute atomic E-state index is 14.6. The van der Waals surface area contributed by atoms with Crippen LogP contribution in [0.2, 0.25) is 0 Å². The van der Waals surface area contributed by atoms with Crippen LogP contribution in [0.4, 0.5) is 30.8 Å². The van der Waals surface area contributed by atoms with Gasteiger partial charge >= 0.3 is 0 Å². The zero-order valence-electron chi connectivity index (χ0n) is 18.6. The van der Waals surface area contributed by atoms with E-state index in [9.17, 15) is 13.2 Å². The molecule has 33 heavy (non-hydrogen) atoms. The Kier molecular flexibility index (Phi) is 6.71. The third kappa shape index (κ3) is 5.20. The highest BCUT2D eigenvalue weighted by atomic mass is 19.3. The molecule has 4 rings (SSSR count). The summed E-state index contributed by atoms with van der Waals surface area (Å²) < 4.78 is 47.1. The predicted molar refractivity (Wildman–Crippen MR) is 122 cm³/mol. The number of rotatable bonds is 7. The number of methoxy groups -OCH3 is 1. The van der Waals surface area contributed by atoms with Crippen LogP contribution >= 0.6 is 0 Å². The molecule has 0 aromatic carbocycles. The highest BCUT2D eigenvalue weighted by Gasteiger charge is 2.35. The van der Waals surface area contributed by atoms with E-state index in [4.69, 9.17) is 4.74 Å². The van der Waals surface area contributed by atoms with Gasteiger partial charge in [-0.1, -0.05) is 19.1 Å². The van der Waals surface area contributed by atoms with Crippen molar-refractivity contribution in [2.75, 3.05) is 29.6 Å². The molecule has 2 aromatic rings. The fraction of sp³-hybridized carbons (Fsp3) is 0.435. The number of nitrogens with zero attached hydrogens (tertiary/aromatic N) is 3. The van der Waals surface area contributed by atoms with E-state index in [-0.39, 0.29) is 24.7 Å². The van der Waals surface area contributed by atoms with Gasteiger partial charge in [-0.05, 0) is 37.1 Å². The molecule has 0 bridgehead atoms. The first kappa shape index (κ1) is 22.9. The van der Waals surface area contributed by atoms with Crippen molar-refractivity contribution < 1.29 is 17.9 Å². The molecule has 1 fully saturated rings.